The summed E-state index contributed by atoms with van der Waals surface area (Å²) in [4.78, 5) is 26.5. The first kappa shape index (κ1) is 17.1. The van der Waals surface area contributed by atoms with Crippen molar-refractivity contribution in [2.75, 3.05) is 52.5 Å². The first-order chi connectivity index (χ1) is 9.49. The Balaban J connectivity index is 2.31. The van der Waals surface area contributed by atoms with Crippen LogP contribution in [0.1, 0.15) is 20.3 Å². The fraction of sp³-hybridized carbons (Fsp3) is 0.857. The van der Waals surface area contributed by atoms with Crippen molar-refractivity contribution in [3.8, 4) is 0 Å². The Morgan fingerprint density at radius 3 is 2.55 bits per heavy atom. The van der Waals surface area contributed by atoms with Crippen molar-refractivity contribution in [3.63, 3.8) is 0 Å². The van der Waals surface area contributed by atoms with Gasteiger partial charge >= 0.3 is 5.97 Å². The fourth-order valence-electron chi connectivity index (χ4n) is 2.36. The largest absolute Gasteiger partial charge is 0.481 e. The standard InChI is InChI=1S/C14H26N2O4/c1-12(14(18)19)10-16(11-13(2)17)5-3-4-15-6-8-20-9-7-15/h12H,3-11H2,1-2H3,(H,18,19). The molecule has 6 heteroatoms. The molecule has 1 saturated heterocycles. The van der Waals surface area contributed by atoms with Gasteiger partial charge in [-0.05, 0) is 26.4 Å². The average Bonchev–Trinajstić information content (AvgIpc) is 2.39. The lowest BCUT2D eigenvalue weighted by molar-refractivity contribution is -0.142. The number of morpholine rings is 1. The van der Waals surface area contributed by atoms with Crippen LogP contribution >= 0.6 is 0 Å². The summed E-state index contributed by atoms with van der Waals surface area (Å²) < 4.78 is 5.30. The summed E-state index contributed by atoms with van der Waals surface area (Å²) >= 11 is 0. The van der Waals surface area contributed by atoms with Crippen LogP contribution in [-0.4, -0.2) is 79.1 Å². The first-order valence-electron chi connectivity index (χ1n) is 7.23. The number of ketones is 1. The van der Waals surface area contributed by atoms with Gasteiger partial charge in [0.05, 0.1) is 25.7 Å². The summed E-state index contributed by atoms with van der Waals surface area (Å²) in [5.41, 5.74) is 0. The lowest BCUT2D eigenvalue weighted by atomic mass is 10.1. The Hall–Kier alpha value is -0.980. The SMILES string of the molecule is CC(=O)CN(CCCN1CCOCC1)CC(C)C(=O)O. The van der Waals surface area contributed by atoms with Gasteiger partial charge in [-0.2, -0.15) is 0 Å². The second-order valence-electron chi connectivity index (χ2n) is 5.48. The normalized spacial score (nSPS) is 18.1. The molecular weight excluding hydrogens is 260 g/mol. The van der Waals surface area contributed by atoms with Gasteiger partial charge in [0.15, 0.2) is 0 Å². The number of rotatable bonds is 9. The van der Waals surface area contributed by atoms with Gasteiger partial charge in [-0.1, -0.05) is 6.92 Å². The van der Waals surface area contributed by atoms with Crippen molar-refractivity contribution in [1.82, 2.24) is 9.80 Å². The molecule has 0 spiro atoms. The van der Waals surface area contributed by atoms with Crippen molar-refractivity contribution in [2.24, 2.45) is 5.92 Å². The van der Waals surface area contributed by atoms with E-state index >= 15 is 0 Å². The lowest BCUT2D eigenvalue weighted by Gasteiger charge is -2.28. The van der Waals surface area contributed by atoms with E-state index in [0.717, 1.165) is 45.8 Å². The summed E-state index contributed by atoms with van der Waals surface area (Å²) in [6.45, 7) is 9.20. The quantitative estimate of drug-likeness (QED) is 0.658. The van der Waals surface area contributed by atoms with Gasteiger partial charge in [0, 0.05) is 19.6 Å². The molecular formula is C14H26N2O4. The second kappa shape index (κ2) is 9.05. The highest BCUT2D eigenvalue weighted by Gasteiger charge is 2.17. The van der Waals surface area contributed by atoms with Gasteiger partial charge in [0.1, 0.15) is 5.78 Å². The number of ether oxygens (including phenoxy) is 1. The summed E-state index contributed by atoms with van der Waals surface area (Å²) in [5, 5.41) is 8.96. The van der Waals surface area contributed by atoms with E-state index in [4.69, 9.17) is 9.84 Å². The van der Waals surface area contributed by atoms with E-state index in [2.05, 4.69) is 4.90 Å². The Bertz CT molecular complexity index is 316. The van der Waals surface area contributed by atoms with Crippen molar-refractivity contribution in [3.05, 3.63) is 0 Å². The topological polar surface area (TPSA) is 70.1 Å². The second-order valence-corrected chi connectivity index (χ2v) is 5.48. The van der Waals surface area contributed by atoms with Crippen LogP contribution in [0.2, 0.25) is 0 Å². The van der Waals surface area contributed by atoms with Crippen LogP contribution in [0.5, 0.6) is 0 Å². The van der Waals surface area contributed by atoms with E-state index in [-0.39, 0.29) is 5.78 Å². The van der Waals surface area contributed by atoms with E-state index in [1.165, 1.54) is 0 Å². The molecule has 0 aromatic carbocycles. The number of hydrogen-bond acceptors (Lipinski definition) is 5. The molecule has 1 aliphatic rings. The molecule has 1 N–H and O–H groups in total. The number of carboxylic acids is 1. The number of carbonyl (C=O) groups excluding carboxylic acids is 1. The predicted octanol–water partition coefficient (Wildman–Crippen LogP) is 0.320. The Morgan fingerprint density at radius 1 is 1.35 bits per heavy atom. The van der Waals surface area contributed by atoms with Crippen LogP contribution in [0.15, 0.2) is 0 Å². The maximum atomic E-state index is 11.3. The molecule has 0 bridgehead atoms. The van der Waals surface area contributed by atoms with Gasteiger partial charge < -0.3 is 9.84 Å². The van der Waals surface area contributed by atoms with Crippen molar-refractivity contribution in [2.45, 2.75) is 20.3 Å². The number of aliphatic carboxylic acids is 1. The van der Waals surface area contributed by atoms with E-state index in [1.54, 1.807) is 13.8 Å². The number of Topliss-reactive ketones (excluding diaryl/α,β-unsaturated/α-hetero) is 1. The van der Waals surface area contributed by atoms with Crippen LogP contribution in [-0.2, 0) is 14.3 Å². The fourth-order valence-corrected chi connectivity index (χ4v) is 2.36. The van der Waals surface area contributed by atoms with E-state index in [9.17, 15) is 9.59 Å². The Kier molecular flexibility index (Phi) is 7.72. The number of carbonyl (C=O) groups is 2. The lowest BCUT2D eigenvalue weighted by Crippen LogP contribution is -2.40. The minimum absolute atomic E-state index is 0.0777. The van der Waals surface area contributed by atoms with Gasteiger partial charge in [-0.3, -0.25) is 19.4 Å². The predicted molar refractivity (Wildman–Crippen MR) is 75.8 cm³/mol. The van der Waals surface area contributed by atoms with Gasteiger partial charge in [-0.25, -0.2) is 0 Å². The van der Waals surface area contributed by atoms with Crippen molar-refractivity contribution in [1.29, 1.82) is 0 Å². The maximum absolute atomic E-state index is 11.3. The summed E-state index contributed by atoms with van der Waals surface area (Å²) in [5.74, 6) is -1.18. The third-order valence-corrected chi connectivity index (χ3v) is 3.45. The maximum Gasteiger partial charge on any atom is 0.307 e. The third-order valence-electron chi connectivity index (χ3n) is 3.45. The van der Waals surface area contributed by atoms with Gasteiger partial charge in [0.2, 0.25) is 0 Å². The monoisotopic (exact) mass is 286 g/mol. The van der Waals surface area contributed by atoms with Crippen LogP contribution in [0.25, 0.3) is 0 Å². The minimum Gasteiger partial charge on any atom is -0.481 e. The van der Waals surface area contributed by atoms with Crippen LogP contribution in [0.4, 0.5) is 0 Å². The Morgan fingerprint density at radius 2 is 2.00 bits per heavy atom. The highest BCUT2D eigenvalue weighted by Crippen LogP contribution is 2.04. The molecule has 0 aromatic rings. The minimum atomic E-state index is -0.813. The first-order valence-corrected chi connectivity index (χ1v) is 7.23. The molecule has 0 radical (unpaired) electrons. The Labute approximate surface area is 120 Å². The van der Waals surface area contributed by atoms with E-state index in [0.29, 0.717) is 13.1 Å². The molecule has 0 aromatic heterocycles. The molecule has 1 fully saturated rings. The molecule has 0 amide bonds. The molecule has 0 aliphatic carbocycles. The summed E-state index contributed by atoms with van der Waals surface area (Å²) in [7, 11) is 0. The zero-order chi connectivity index (χ0) is 15.0. The smallest absolute Gasteiger partial charge is 0.307 e. The molecule has 116 valence electrons. The number of nitrogens with zero attached hydrogens (tertiary/aromatic N) is 2. The molecule has 1 unspecified atom stereocenters. The molecule has 6 nitrogen and oxygen atoms in total. The zero-order valence-electron chi connectivity index (χ0n) is 12.5. The molecule has 20 heavy (non-hydrogen) atoms. The van der Waals surface area contributed by atoms with Crippen LogP contribution < -0.4 is 0 Å². The molecule has 1 heterocycles. The van der Waals surface area contributed by atoms with Gasteiger partial charge in [-0.15, -0.1) is 0 Å². The summed E-state index contributed by atoms with van der Waals surface area (Å²) in [6.07, 6.45) is 0.944. The average molecular weight is 286 g/mol. The van der Waals surface area contributed by atoms with Gasteiger partial charge in [0.25, 0.3) is 0 Å². The van der Waals surface area contributed by atoms with E-state index in [1.807, 2.05) is 4.90 Å². The van der Waals surface area contributed by atoms with E-state index < -0.39 is 11.9 Å². The zero-order valence-corrected chi connectivity index (χ0v) is 12.5. The number of hydrogen-bond donors (Lipinski definition) is 1. The van der Waals surface area contributed by atoms with Crippen LogP contribution in [0, 0.1) is 5.92 Å². The number of carboxylic acid groups (broad SMARTS) is 1. The van der Waals surface area contributed by atoms with Crippen molar-refractivity contribution >= 4 is 11.8 Å². The highest BCUT2D eigenvalue weighted by molar-refractivity contribution is 5.77. The molecule has 0 saturated carbocycles. The van der Waals surface area contributed by atoms with Crippen molar-refractivity contribution < 1.29 is 19.4 Å². The summed E-state index contributed by atoms with van der Waals surface area (Å²) in [6, 6.07) is 0. The molecule has 1 aliphatic heterocycles. The molecule has 1 rings (SSSR count). The third kappa shape index (κ3) is 6.98. The highest BCUT2D eigenvalue weighted by atomic mass is 16.5. The van der Waals surface area contributed by atoms with Crippen LogP contribution in [0.3, 0.4) is 0 Å². The molecule has 1 atom stereocenters.